The molecule has 0 aliphatic rings. The van der Waals surface area contributed by atoms with Gasteiger partial charge in [-0.05, 0) is 25.4 Å². The van der Waals surface area contributed by atoms with Gasteiger partial charge in [0.1, 0.15) is 0 Å². The van der Waals surface area contributed by atoms with Gasteiger partial charge in [0, 0.05) is 5.38 Å². The first kappa shape index (κ1) is 9.70. The van der Waals surface area contributed by atoms with E-state index in [-0.39, 0.29) is 6.04 Å². The number of nitrogens with two attached hydrogens (primary N) is 1. The highest BCUT2D eigenvalue weighted by Crippen LogP contribution is 2.25. The molecule has 0 saturated carbocycles. The number of rotatable bonds is 2. The van der Waals surface area contributed by atoms with E-state index in [1.165, 1.54) is 11.5 Å². The van der Waals surface area contributed by atoms with Gasteiger partial charge in [0.25, 0.3) is 0 Å². The molecule has 2 aromatic rings. The van der Waals surface area contributed by atoms with Crippen molar-refractivity contribution in [2.75, 3.05) is 0 Å². The highest BCUT2D eigenvalue weighted by Gasteiger charge is 2.16. The normalized spacial score (nSPS) is 13.1. The minimum atomic E-state index is -0.181. The predicted octanol–water partition coefficient (Wildman–Crippen LogP) is 1.66. The maximum Gasteiger partial charge on any atom is 0.0898 e. The molecular weight excluding hydrogens is 216 g/mol. The fourth-order valence-electron chi connectivity index (χ4n) is 1.18. The monoisotopic (exact) mass is 226 g/mol. The highest BCUT2D eigenvalue weighted by molar-refractivity contribution is 7.09. The van der Waals surface area contributed by atoms with Gasteiger partial charge in [0.2, 0.25) is 0 Å². The van der Waals surface area contributed by atoms with Crippen molar-refractivity contribution in [2.24, 2.45) is 5.73 Å². The van der Waals surface area contributed by atoms with Crippen LogP contribution in [0.3, 0.4) is 0 Å². The molecule has 0 amide bonds. The zero-order chi connectivity index (χ0) is 10.1. The first-order valence-electron chi connectivity index (χ1n) is 4.15. The molecule has 1 atom stereocenters. The third kappa shape index (κ3) is 1.68. The van der Waals surface area contributed by atoms with Crippen LogP contribution in [0.2, 0.25) is 0 Å². The Labute approximate surface area is 90.0 Å². The molecule has 4 nitrogen and oxygen atoms in total. The zero-order valence-electron chi connectivity index (χ0n) is 7.89. The second kappa shape index (κ2) is 3.72. The Balaban J connectivity index is 2.33. The van der Waals surface area contributed by atoms with Gasteiger partial charge in [-0.15, -0.1) is 16.4 Å². The minimum absolute atomic E-state index is 0.181. The smallest absolute Gasteiger partial charge is 0.0898 e. The number of aryl methyl sites for hydroxylation is 2. The van der Waals surface area contributed by atoms with Crippen LogP contribution in [-0.2, 0) is 0 Å². The van der Waals surface area contributed by atoms with Crippen LogP contribution in [0.5, 0.6) is 0 Å². The third-order valence-corrected chi connectivity index (χ3v) is 3.63. The number of thiazole rings is 1. The van der Waals surface area contributed by atoms with Gasteiger partial charge < -0.3 is 5.73 Å². The summed E-state index contributed by atoms with van der Waals surface area (Å²) in [6, 6.07) is -0.181. The van der Waals surface area contributed by atoms with E-state index in [1.54, 1.807) is 11.3 Å². The third-order valence-electron chi connectivity index (χ3n) is 1.92. The van der Waals surface area contributed by atoms with Crippen molar-refractivity contribution in [3.8, 4) is 0 Å². The van der Waals surface area contributed by atoms with Crippen LogP contribution in [0.1, 0.15) is 27.3 Å². The van der Waals surface area contributed by atoms with Crippen LogP contribution in [0.25, 0.3) is 0 Å². The van der Waals surface area contributed by atoms with Crippen molar-refractivity contribution >= 4 is 22.9 Å². The average molecular weight is 226 g/mol. The van der Waals surface area contributed by atoms with E-state index in [0.717, 1.165) is 21.3 Å². The Morgan fingerprint density at radius 3 is 2.71 bits per heavy atom. The van der Waals surface area contributed by atoms with Crippen molar-refractivity contribution in [1.29, 1.82) is 0 Å². The van der Waals surface area contributed by atoms with Crippen molar-refractivity contribution < 1.29 is 0 Å². The summed E-state index contributed by atoms with van der Waals surface area (Å²) >= 11 is 2.95. The van der Waals surface area contributed by atoms with Crippen molar-refractivity contribution in [1.82, 2.24) is 14.6 Å². The van der Waals surface area contributed by atoms with Crippen molar-refractivity contribution in [2.45, 2.75) is 19.9 Å². The quantitative estimate of drug-likeness (QED) is 0.845. The van der Waals surface area contributed by atoms with Gasteiger partial charge in [-0.1, -0.05) is 4.49 Å². The molecule has 0 radical (unpaired) electrons. The zero-order valence-corrected chi connectivity index (χ0v) is 9.52. The van der Waals surface area contributed by atoms with E-state index in [0.29, 0.717) is 0 Å². The first-order valence-corrected chi connectivity index (χ1v) is 5.80. The lowest BCUT2D eigenvalue weighted by Gasteiger charge is -2.05. The number of hydrogen-bond donors (Lipinski definition) is 1. The number of aromatic nitrogens is 3. The summed E-state index contributed by atoms with van der Waals surface area (Å²) in [5.74, 6) is 0. The molecule has 0 aliphatic heterocycles. The molecule has 0 bridgehead atoms. The van der Waals surface area contributed by atoms with Gasteiger partial charge in [0.05, 0.1) is 27.3 Å². The van der Waals surface area contributed by atoms with E-state index >= 15 is 0 Å². The summed E-state index contributed by atoms with van der Waals surface area (Å²) in [4.78, 5) is 5.35. The average Bonchev–Trinajstić information content (AvgIpc) is 2.73. The molecule has 14 heavy (non-hydrogen) atoms. The Morgan fingerprint density at radius 1 is 1.43 bits per heavy atom. The van der Waals surface area contributed by atoms with Crippen LogP contribution < -0.4 is 5.73 Å². The summed E-state index contributed by atoms with van der Waals surface area (Å²) in [5, 5.41) is 6.95. The lowest BCUT2D eigenvalue weighted by atomic mass is 10.2. The van der Waals surface area contributed by atoms with Crippen molar-refractivity contribution in [3.05, 3.63) is 26.7 Å². The summed E-state index contributed by atoms with van der Waals surface area (Å²) in [6.45, 7) is 3.89. The van der Waals surface area contributed by atoms with Crippen LogP contribution >= 0.6 is 22.9 Å². The molecule has 74 valence electrons. The topological polar surface area (TPSA) is 64.7 Å². The van der Waals surface area contributed by atoms with E-state index in [1.807, 2.05) is 19.2 Å². The molecule has 2 rings (SSSR count). The predicted molar refractivity (Wildman–Crippen MR) is 57.5 cm³/mol. The lowest BCUT2D eigenvalue weighted by molar-refractivity contribution is 0.838. The molecule has 1 unspecified atom stereocenters. The fourth-order valence-corrected chi connectivity index (χ4v) is 2.49. The van der Waals surface area contributed by atoms with Gasteiger partial charge in [-0.3, -0.25) is 0 Å². The second-order valence-electron chi connectivity index (χ2n) is 2.99. The SMILES string of the molecule is Cc1nc(C(N)c2snnc2C)cs1. The van der Waals surface area contributed by atoms with Crippen LogP contribution in [0.15, 0.2) is 5.38 Å². The summed E-state index contributed by atoms with van der Waals surface area (Å²) < 4.78 is 3.86. The molecule has 0 aliphatic carbocycles. The van der Waals surface area contributed by atoms with Gasteiger partial charge in [-0.2, -0.15) is 0 Å². The maximum atomic E-state index is 6.05. The number of hydrogen-bond acceptors (Lipinski definition) is 6. The van der Waals surface area contributed by atoms with Gasteiger partial charge in [0.15, 0.2) is 0 Å². The van der Waals surface area contributed by atoms with E-state index in [4.69, 9.17) is 5.73 Å². The summed E-state index contributed by atoms with van der Waals surface area (Å²) in [7, 11) is 0. The maximum absolute atomic E-state index is 6.05. The summed E-state index contributed by atoms with van der Waals surface area (Å²) in [6.07, 6.45) is 0. The van der Waals surface area contributed by atoms with Crippen LogP contribution in [0.4, 0.5) is 0 Å². The van der Waals surface area contributed by atoms with Crippen LogP contribution in [0, 0.1) is 13.8 Å². The molecule has 2 aromatic heterocycles. The van der Waals surface area contributed by atoms with Gasteiger partial charge in [-0.25, -0.2) is 4.98 Å². The van der Waals surface area contributed by atoms with E-state index in [2.05, 4.69) is 14.6 Å². The highest BCUT2D eigenvalue weighted by atomic mass is 32.1. The first-order chi connectivity index (χ1) is 6.68. The Kier molecular flexibility index (Phi) is 2.58. The van der Waals surface area contributed by atoms with E-state index in [9.17, 15) is 0 Å². The molecule has 0 aromatic carbocycles. The Hall–Kier alpha value is -0.850. The largest absolute Gasteiger partial charge is 0.318 e. The molecule has 2 N–H and O–H groups in total. The summed E-state index contributed by atoms with van der Waals surface area (Å²) in [5.41, 5.74) is 7.85. The second-order valence-corrected chi connectivity index (χ2v) is 4.84. The van der Waals surface area contributed by atoms with Crippen LogP contribution in [-0.4, -0.2) is 14.6 Å². The fraction of sp³-hybridized carbons (Fsp3) is 0.375. The molecular formula is C8H10N4S2. The molecule has 0 fully saturated rings. The van der Waals surface area contributed by atoms with Crippen molar-refractivity contribution in [3.63, 3.8) is 0 Å². The molecule has 0 saturated heterocycles. The lowest BCUT2D eigenvalue weighted by Crippen LogP contribution is -2.11. The Morgan fingerprint density at radius 2 is 2.21 bits per heavy atom. The Bertz CT molecular complexity index is 434. The standard InChI is InChI=1S/C8H10N4S2/c1-4-8(14-12-11-4)7(9)6-3-13-5(2)10-6/h3,7H,9H2,1-2H3. The number of nitrogens with zero attached hydrogens (tertiary/aromatic N) is 3. The van der Waals surface area contributed by atoms with E-state index < -0.39 is 0 Å². The molecule has 0 spiro atoms. The van der Waals surface area contributed by atoms with Gasteiger partial charge >= 0.3 is 0 Å². The minimum Gasteiger partial charge on any atom is -0.318 e. The molecule has 2 heterocycles. The molecule has 6 heteroatoms.